The van der Waals surface area contributed by atoms with Crippen molar-refractivity contribution in [2.45, 2.75) is 140 Å². The van der Waals surface area contributed by atoms with Crippen LogP contribution in [0.2, 0.25) is 24.2 Å². The van der Waals surface area contributed by atoms with Crippen LogP contribution >= 0.6 is 17.0 Å². The molecule has 4 aliphatic carbocycles. The van der Waals surface area contributed by atoms with Gasteiger partial charge in [-0.2, -0.15) is 0 Å². The molecular formula is C36H62Cl2SiZr. The number of fused-ring (bicyclic) bond motifs is 2. The molecule has 5 rings (SSSR count). The standard InChI is InChI=1S/C34H56Si.2CH3.2ClH.Zr/c1-5-6-8-17-27-23-33(31-20-13-11-18-29(27)31)35(3,4)34-24-28(30-19-12-14-21-32(30)34)22-25(2)26-15-9-7-10-16-26;;;;;/h7,9-10,15-16,25,27-34H,5-6,8,11-14,17-24H2,1-4H3;2*1H3;2*1H;/q;2*-1;;;+4/p-2. The van der Waals surface area contributed by atoms with E-state index in [1.54, 1.807) is 50.5 Å². The molecule has 0 spiro atoms. The van der Waals surface area contributed by atoms with Crippen molar-refractivity contribution in [1.82, 2.24) is 0 Å². The molecule has 1 aromatic carbocycles. The van der Waals surface area contributed by atoms with Crippen LogP contribution in [-0.4, -0.2) is 8.07 Å². The minimum atomic E-state index is -1.32. The van der Waals surface area contributed by atoms with E-state index in [-0.39, 0.29) is 14.9 Å². The maximum absolute atomic E-state index is 4.93. The van der Waals surface area contributed by atoms with Crippen molar-refractivity contribution in [3.05, 3.63) is 50.7 Å². The second kappa shape index (κ2) is 18.0. The van der Waals surface area contributed by atoms with Crippen LogP contribution in [0.4, 0.5) is 0 Å². The number of halogens is 2. The molecule has 0 amide bonds. The van der Waals surface area contributed by atoms with E-state index in [4.69, 9.17) is 17.0 Å². The van der Waals surface area contributed by atoms with E-state index in [1.165, 1.54) is 51.4 Å². The number of hydrogen-bond acceptors (Lipinski definition) is 0. The Hall–Kier alpha value is 0.900. The van der Waals surface area contributed by atoms with Crippen LogP contribution < -0.4 is 0 Å². The molecule has 228 valence electrons. The first kappa shape index (κ1) is 37.1. The summed E-state index contributed by atoms with van der Waals surface area (Å²) in [4.78, 5) is 0. The molecule has 1 aromatic rings. The molecule has 0 aliphatic heterocycles. The Balaban J connectivity index is 0.00000107. The fourth-order valence-electron chi connectivity index (χ4n) is 10.5. The first-order valence-corrected chi connectivity index (χ1v) is 25.9. The van der Waals surface area contributed by atoms with Gasteiger partial charge in [0.05, 0.1) is 8.07 Å². The van der Waals surface area contributed by atoms with Crippen LogP contribution in [0.25, 0.3) is 0 Å². The summed E-state index contributed by atoms with van der Waals surface area (Å²) in [6, 6.07) is 11.5. The Bertz CT molecular complexity index is 816. The van der Waals surface area contributed by atoms with Crippen LogP contribution in [0.15, 0.2) is 30.3 Å². The summed E-state index contributed by atoms with van der Waals surface area (Å²) in [5.74, 6) is 7.16. The monoisotopic (exact) mass is 682 g/mol. The summed E-state index contributed by atoms with van der Waals surface area (Å²) in [7, 11) is 8.55. The Morgan fingerprint density at radius 1 is 0.775 bits per heavy atom. The van der Waals surface area contributed by atoms with Crippen molar-refractivity contribution in [2.75, 3.05) is 0 Å². The van der Waals surface area contributed by atoms with Gasteiger partial charge in [0.1, 0.15) is 0 Å². The molecule has 4 heteroatoms. The van der Waals surface area contributed by atoms with Crippen molar-refractivity contribution in [3.63, 3.8) is 0 Å². The molecule has 4 fully saturated rings. The van der Waals surface area contributed by atoms with Gasteiger partial charge < -0.3 is 14.9 Å². The van der Waals surface area contributed by atoms with Gasteiger partial charge in [-0.15, -0.1) is 0 Å². The molecule has 40 heavy (non-hydrogen) atoms. The molecule has 0 bridgehead atoms. The number of rotatable bonds is 9. The molecule has 0 N–H and O–H groups in total. The number of hydrogen-bond donors (Lipinski definition) is 0. The third kappa shape index (κ3) is 8.75. The Morgan fingerprint density at radius 3 is 1.77 bits per heavy atom. The van der Waals surface area contributed by atoms with Gasteiger partial charge >= 0.3 is 37.9 Å². The second-order valence-electron chi connectivity index (χ2n) is 14.4. The summed E-state index contributed by atoms with van der Waals surface area (Å²) in [6.45, 7) is 10.7. The topological polar surface area (TPSA) is 0 Å². The molecular weight excluding hydrogens is 623 g/mol. The zero-order chi connectivity index (χ0) is 27.1. The van der Waals surface area contributed by atoms with Gasteiger partial charge in [0, 0.05) is 0 Å². The molecule has 9 atom stereocenters. The van der Waals surface area contributed by atoms with Crippen molar-refractivity contribution >= 4 is 25.1 Å². The summed E-state index contributed by atoms with van der Waals surface area (Å²) in [5.41, 5.74) is 3.83. The average Bonchev–Trinajstić information content (AvgIpc) is 3.50. The summed E-state index contributed by atoms with van der Waals surface area (Å²) < 4.78 is 0. The zero-order valence-corrected chi connectivity index (χ0v) is 31.9. The summed E-state index contributed by atoms with van der Waals surface area (Å²) in [5, 5.41) is 0. The van der Waals surface area contributed by atoms with Crippen LogP contribution in [0.1, 0.15) is 122 Å². The van der Waals surface area contributed by atoms with Crippen molar-refractivity contribution in [3.8, 4) is 0 Å². The van der Waals surface area contributed by atoms with Crippen molar-refractivity contribution < 1.29 is 20.8 Å². The second-order valence-corrected chi connectivity index (χ2v) is 23.2. The third-order valence-electron chi connectivity index (χ3n) is 12.2. The SMILES string of the molecule is CCCCCC1CC([Si](C)(C)C2CC(CC(C)c3ccccc3)C3CCCCC32)C2CCCCC12.[CH3-].[CH3-].[Cl][Zr+2][Cl]. The van der Waals surface area contributed by atoms with Crippen LogP contribution in [0.3, 0.4) is 0 Å². The molecule has 0 heterocycles. The van der Waals surface area contributed by atoms with Gasteiger partial charge in [-0.3, -0.25) is 0 Å². The quantitative estimate of drug-likeness (QED) is 0.138. The molecule has 9 unspecified atom stereocenters. The Kier molecular flexibility index (Phi) is 16.7. The predicted octanol–water partition coefficient (Wildman–Crippen LogP) is 13.1. The molecule has 4 saturated carbocycles. The van der Waals surface area contributed by atoms with E-state index in [9.17, 15) is 0 Å². The van der Waals surface area contributed by atoms with Gasteiger partial charge in [0.15, 0.2) is 0 Å². The molecule has 0 saturated heterocycles. The van der Waals surface area contributed by atoms with Gasteiger partial charge in [-0.25, -0.2) is 0 Å². The van der Waals surface area contributed by atoms with E-state index in [0.717, 1.165) is 52.5 Å². The van der Waals surface area contributed by atoms with Gasteiger partial charge in [0.2, 0.25) is 0 Å². The van der Waals surface area contributed by atoms with Crippen molar-refractivity contribution in [2.24, 2.45) is 35.5 Å². The van der Waals surface area contributed by atoms with Crippen LogP contribution in [0, 0.1) is 50.4 Å². The molecule has 0 radical (unpaired) electrons. The zero-order valence-electron chi connectivity index (χ0n) is 26.9. The van der Waals surface area contributed by atoms with E-state index in [0.29, 0.717) is 0 Å². The minimum absolute atomic E-state index is 0. The Labute approximate surface area is 270 Å². The average molecular weight is 685 g/mol. The third-order valence-corrected chi connectivity index (χ3v) is 17.4. The van der Waals surface area contributed by atoms with E-state index in [2.05, 4.69) is 57.3 Å². The van der Waals surface area contributed by atoms with Gasteiger partial charge in [-0.05, 0) is 90.2 Å². The number of benzene rings is 1. The van der Waals surface area contributed by atoms with E-state index in [1.807, 2.05) is 0 Å². The molecule has 4 aliphatic rings. The summed E-state index contributed by atoms with van der Waals surface area (Å²) in [6.07, 6.45) is 23.0. The van der Waals surface area contributed by atoms with Crippen LogP contribution in [0.5, 0.6) is 0 Å². The van der Waals surface area contributed by atoms with E-state index >= 15 is 0 Å². The van der Waals surface area contributed by atoms with Gasteiger partial charge in [-0.1, -0.05) is 121 Å². The summed E-state index contributed by atoms with van der Waals surface area (Å²) >= 11 is -0.826. The fraction of sp³-hybridized carbons (Fsp3) is 0.778. The maximum atomic E-state index is 4.93. The molecule has 0 aromatic heterocycles. The Morgan fingerprint density at radius 2 is 1.25 bits per heavy atom. The van der Waals surface area contributed by atoms with E-state index < -0.39 is 28.9 Å². The van der Waals surface area contributed by atoms with Crippen LogP contribution in [-0.2, 0) is 20.8 Å². The first-order valence-electron chi connectivity index (χ1n) is 16.4. The van der Waals surface area contributed by atoms with Gasteiger partial charge in [0.25, 0.3) is 0 Å². The molecule has 0 nitrogen and oxygen atoms in total. The normalized spacial score (nSPS) is 33.6. The number of unbranched alkanes of at least 4 members (excludes halogenated alkanes) is 2. The predicted molar refractivity (Wildman–Crippen MR) is 180 cm³/mol. The first-order chi connectivity index (χ1) is 18.4. The fourth-order valence-corrected chi connectivity index (χ4v) is 15.9. The van der Waals surface area contributed by atoms with Crippen molar-refractivity contribution in [1.29, 1.82) is 0 Å².